The standard InChI is InChI=1S/C31H33ClN6O/c1-36-14-4-7-24(36)20-39-31-34-27-19-37(28-9-3-6-22-5-2-8-26(32)29(22)28)16-12-25(27)30(35-31)38-15-11-21-10-13-33-17-23(21)18-38/h2-3,5-6,8-10,13,17,24H,4,7,11-12,14-16,18-20H2,1H3/t24-/m0/s1. The zero-order valence-corrected chi connectivity index (χ0v) is 23.1. The van der Waals surface area contributed by atoms with Gasteiger partial charge in [-0.25, -0.2) is 0 Å². The van der Waals surface area contributed by atoms with E-state index in [4.69, 9.17) is 26.3 Å². The van der Waals surface area contributed by atoms with Crippen molar-refractivity contribution in [2.45, 2.75) is 44.8 Å². The molecule has 2 aromatic carbocycles. The maximum absolute atomic E-state index is 6.70. The highest BCUT2D eigenvalue weighted by Crippen LogP contribution is 2.37. The van der Waals surface area contributed by atoms with E-state index in [1.54, 1.807) is 0 Å². The van der Waals surface area contributed by atoms with Crippen LogP contribution in [0.5, 0.6) is 6.01 Å². The lowest BCUT2D eigenvalue weighted by Crippen LogP contribution is -2.37. The van der Waals surface area contributed by atoms with Crippen LogP contribution in [-0.4, -0.2) is 59.2 Å². The van der Waals surface area contributed by atoms with E-state index < -0.39 is 0 Å². The number of likely N-dealkylation sites (tertiary alicyclic amines) is 1. The van der Waals surface area contributed by atoms with Gasteiger partial charge in [-0.1, -0.05) is 35.9 Å². The molecular weight excluding hydrogens is 508 g/mol. The van der Waals surface area contributed by atoms with Gasteiger partial charge in [-0.15, -0.1) is 0 Å². The second-order valence-electron chi connectivity index (χ2n) is 10.9. The number of hydrogen-bond acceptors (Lipinski definition) is 7. The molecule has 7 nitrogen and oxygen atoms in total. The van der Waals surface area contributed by atoms with Gasteiger partial charge in [-0.3, -0.25) is 4.98 Å². The third-order valence-corrected chi connectivity index (χ3v) is 8.90. The summed E-state index contributed by atoms with van der Waals surface area (Å²) >= 11 is 6.70. The molecule has 2 aromatic heterocycles. The minimum Gasteiger partial charge on any atom is -0.462 e. The van der Waals surface area contributed by atoms with Crippen molar-refractivity contribution in [2.75, 3.05) is 43.1 Å². The number of hydrogen-bond donors (Lipinski definition) is 0. The van der Waals surface area contributed by atoms with E-state index >= 15 is 0 Å². The Kier molecular flexibility index (Phi) is 6.49. The zero-order chi connectivity index (χ0) is 26.3. The highest BCUT2D eigenvalue weighted by atomic mass is 35.5. The number of anilines is 2. The predicted octanol–water partition coefficient (Wildman–Crippen LogP) is 5.28. The Hall–Kier alpha value is -3.42. The molecule has 0 bridgehead atoms. The Labute approximate surface area is 234 Å². The summed E-state index contributed by atoms with van der Waals surface area (Å²) in [4.78, 5) is 21.6. The predicted molar refractivity (Wildman–Crippen MR) is 156 cm³/mol. The lowest BCUT2D eigenvalue weighted by atomic mass is 9.99. The molecule has 0 unspecified atom stereocenters. The first kappa shape index (κ1) is 24.6. The second-order valence-corrected chi connectivity index (χ2v) is 11.4. The summed E-state index contributed by atoms with van der Waals surface area (Å²) in [5.41, 5.74) is 6.08. The van der Waals surface area contributed by atoms with Gasteiger partial charge < -0.3 is 19.4 Å². The first-order chi connectivity index (χ1) is 19.1. The minimum atomic E-state index is 0.412. The first-order valence-corrected chi connectivity index (χ1v) is 14.3. The number of nitrogens with zero attached hydrogens (tertiary/aromatic N) is 6. The Morgan fingerprint density at radius 1 is 0.949 bits per heavy atom. The molecule has 0 radical (unpaired) electrons. The van der Waals surface area contributed by atoms with Crippen molar-refractivity contribution in [3.63, 3.8) is 0 Å². The molecule has 1 fully saturated rings. The van der Waals surface area contributed by atoms with E-state index in [1.165, 1.54) is 23.1 Å². The molecule has 5 heterocycles. The van der Waals surface area contributed by atoms with Crippen molar-refractivity contribution < 1.29 is 4.74 Å². The van der Waals surface area contributed by atoms with Crippen molar-refractivity contribution in [2.24, 2.45) is 0 Å². The Balaban J connectivity index is 1.24. The summed E-state index contributed by atoms with van der Waals surface area (Å²) in [5.74, 6) is 1.01. The molecule has 0 spiro atoms. The van der Waals surface area contributed by atoms with Gasteiger partial charge in [0.25, 0.3) is 0 Å². The molecule has 0 amide bonds. The van der Waals surface area contributed by atoms with Gasteiger partial charge in [-0.2, -0.15) is 9.97 Å². The Morgan fingerprint density at radius 3 is 2.69 bits per heavy atom. The van der Waals surface area contributed by atoms with Crippen LogP contribution >= 0.6 is 11.6 Å². The summed E-state index contributed by atoms with van der Waals surface area (Å²) in [7, 11) is 2.17. The van der Waals surface area contributed by atoms with Crippen molar-refractivity contribution >= 4 is 33.9 Å². The fourth-order valence-corrected chi connectivity index (χ4v) is 6.66. The molecule has 3 aliphatic heterocycles. The largest absolute Gasteiger partial charge is 0.462 e. The number of halogens is 1. The molecule has 7 rings (SSSR count). The number of likely N-dealkylation sites (N-methyl/N-ethyl adjacent to an activating group) is 1. The number of benzene rings is 2. The van der Waals surface area contributed by atoms with Gasteiger partial charge in [0.05, 0.1) is 17.3 Å². The fourth-order valence-electron chi connectivity index (χ4n) is 6.38. The normalized spacial score (nSPS) is 19.3. The van der Waals surface area contributed by atoms with Gasteiger partial charge in [-0.05, 0) is 74.0 Å². The van der Waals surface area contributed by atoms with E-state index in [-0.39, 0.29) is 0 Å². The van der Waals surface area contributed by atoms with Crippen LogP contribution in [-0.2, 0) is 25.9 Å². The lowest BCUT2D eigenvalue weighted by Gasteiger charge is -2.36. The summed E-state index contributed by atoms with van der Waals surface area (Å²) in [6.45, 7) is 5.04. The Bertz CT molecular complexity index is 1520. The molecule has 1 saturated heterocycles. The molecule has 8 heteroatoms. The smallest absolute Gasteiger partial charge is 0.318 e. The van der Waals surface area contributed by atoms with Crippen molar-refractivity contribution in [1.29, 1.82) is 0 Å². The lowest BCUT2D eigenvalue weighted by molar-refractivity contribution is 0.187. The van der Waals surface area contributed by atoms with Crippen molar-refractivity contribution in [1.82, 2.24) is 19.9 Å². The maximum Gasteiger partial charge on any atom is 0.318 e. The summed E-state index contributed by atoms with van der Waals surface area (Å²) < 4.78 is 6.32. The SMILES string of the molecule is CN1CCC[C@H]1COc1nc2c(c(N3CCc4ccncc4C3)n1)CCN(c1cccc3cccc(Cl)c13)C2. The average molecular weight is 541 g/mol. The molecule has 39 heavy (non-hydrogen) atoms. The number of rotatable bonds is 5. The highest BCUT2D eigenvalue weighted by Gasteiger charge is 2.29. The van der Waals surface area contributed by atoms with E-state index in [1.807, 2.05) is 24.5 Å². The van der Waals surface area contributed by atoms with Crippen LogP contribution in [0, 0.1) is 0 Å². The van der Waals surface area contributed by atoms with E-state index in [2.05, 4.69) is 57.1 Å². The Morgan fingerprint density at radius 2 is 1.82 bits per heavy atom. The van der Waals surface area contributed by atoms with Crippen LogP contribution in [0.15, 0.2) is 54.9 Å². The monoisotopic (exact) mass is 540 g/mol. The van der Waals surface area contributed by atoms with Crippen molar-refractivity contribution in [3.8, 4) is 6.01 Å². The number of fused-ring (bicyclic) bond motifs is 3. The molecule has 200 valence electrons. The molecule has 3 aliphatic rings. The van der Waals surface area contributed by atoms with Gasteiger partial charge in [0.15, 0.2) is 0 Å². The van der Waals surface area contributed by atoms with E-state index in [0.717, 1.165) is 78.4 Å². The van der Waals surface area contributed by atoms with Crippen LogP contribution in [0.25, 0.3) is 10.8 Å². The third kappa shape index (κ3) is 4.68. The summed E-state index contributed by atoms with van der Waals surface area (Å²) in [6.07, 6.45) is 8.11. The average Bonchev–Trinajstić information content (AvgIpc) is 3.39. The van der Waals surface area contributed by atoms with Crippen LogP contribution in [0.1, 0.15) is 35.2 Å². The topological polar surface area (TPSA) is 57.6 Å². The molecule has 0 saturated carbocycles. The van der Waals surface area contributed by atoms with Crippen molar-refractivity contribution in [3.05, 3.63) is 82.3 Å². The second kappa shape index (κ2) is 10.3. The number of pyridine rings is 1. The molecule has 1 atom stereocenters. The van der Waals surface area contributed by atoms with Gasteiger partial charge in [0.1, 0.15) is 12.4 Å². The van der Waals surface area contributed by atoms with E-state index in [0.29, 0.717) is 25.2 Å². The highest BCUT2D eigenvalue weighted by molar-refractivity contribution is 6.36. The first-order valence-electron chi connectivity index (χ1n) is 14.0. The van der Waals surface area contributed by atoms with Gasteiger partial charge >= 0.3 is 6.01 Å². The fraction of sp³-hybridized carbons (Fsp3) is 0.387. The summed E-state index contributed by atoms with van der Waals surface area (Å²) in [5, 5.41) is 3.03. The van der Waals surface area contributed by atoms with Crippen LogP contribution in [0.2, 0.25) is 5.02 Å². The van der Waals surface area contributed by atoms with Crippen LogP contribution < -0.4 is 14.5 Å². The molecule has 0 aliphatic carbocycles. The maximum atomic E-state index is 6.70. The van der Waals surface area contributed by atoms with E-state index in [9.17, 15) is 0 Å². The third-order valence-electron chi connectivity index (χ3n) is 8.59. The number of aromatic nitrogens is 3. The molecule has 0 N–H and O–H groups in total. The molecular formula is C31H33ClN6O. The van der Waals surface area contributed by atoms with Crippen LogP contribution in [0.3, 0.4) is 0 Å². The summed E-state index contributed by atoms with van der Waals surface area (Å²) in [6, 6.07) is 15.5. The number of ether oxygens (including phenoxy) is 1. The zero-order valence-electron chi connectivity index (χ0n) is 22.3. The van der Waals surface area contributed by atoms with Crippen LogP contribution in [0.4, 0.5) is 11.5 Å². The molecule has 4 aromatic rings. The van der Waals surface area contributed by atoms with Gasteiger partial charge in [0, 0.05) is 54.7 Å². The minimum absolute atomic E-state index is 0.412. The quantitative estimate of drug-likeness (QED) is 0.341. The van der Waals surface area contributed by atoms with Gasteiger partial charge in [0.2, 0.25) is 0 Å².